The molecule has 154 valence electrons. The molecule has 0 fully saturated rings. The Kier molecular flexibility index (Phi) is 7.67. The van der Waals surface area contributed by atoms with Gasteiger partial charge in [0, 0.05) is 5.69 Å². The van der Waals surface area contributed by atoms with Gasteiger partial charge in [-0.25, -0.2) is 0 Å². The Bertz CT molecular complexity index is 900. The van der Waals surface area contributed by atoms with Gasteiger partial charge in [-0.2, -0.15) is 0 Å². The number of anilines is 2. The normalized spacial score (nSPS) is 11.4. The average molecular weight is 401 g/mol. The number of quaternary nitrogens is 1. The molecule has 2 aromatic carbocycles. The Morgan fingerprint density at radius 2 is 1.69 bits per heavy atom. The minimum Gasteiger partial charge on any atom is -0.496 e. The van der Waals surface area contributed by atoms with Crippen molar-refractivity contribution in [2.75, 3.05) is 37.9 Å². The molecule has 3 N–H and O–H groups in total. The first-order chi connectivity index (χ1) is 13.8. The van der Waals surface area contributed by atoms with E-state index in [0.717, 1.165) is 17.7 Å². The number of carbonyl (C=O) groups excluding carboxylic acids is 2. The highest BCUT2D eigenvalue weighted by atomic mass is 16.6. The van der Waals surface area contributed by atoms with Crippen LogP contribution in [0, 0.1) is 10.1 Å². The largest absolute Gasteiger partial charge is 0.496 e. The van der Waals surface area contributed by atoms with E-state index in [-0.39, 0.29) is 30.4 Å². The third-order valence-corrected chi connectivity index (χ3v) is 4.27. The summed E-state index contributed by atoms with van der Waals surface area (Å²) in [5.41, 5.74) is 1.60. The summed E-state index contributed by atoms with van der Waals surface area (Å²) >= 11 is 0. The van der Waals surface area contributed by atoms with Crippen LogP contribution in [-0.2, 0) is 16.0 Å². The number of carbonyl (C=O) groups is 2. The van der Waals surface area contributed by atoms with Crippen LogP contribution in [0.3, 0.4) is 0 Å². The standard InChI is InChI=1S/C20H24N4O5/c1-4-14-7-5-6-8-16(14)21-19(25)12-23(2)13-20(26)22-17-10-9-15(29-3)11-18(17)24(27)28/h5-11H,4,12-13H2,1-3H3,(H,21,25)(H,22,26)/p+1. The monoisotopic (exact) mass is 401 g/mol. The lowest BCUT2D eigenvalue weighted by molar-refractivity contribution is -0.862. The Balaban J connectivity index is 1.94. The van der Waals surface area contributed by atoms with E-state index in [1.165, 1.54) is 25.3 Å². The molecule has 0 aliphatic rings. The van der Waals surface area contributed by atoms with Gasteiger partial charge in [0.25, 0.3) is 17.5 Å². The quantitative estimate of drug-likeness (QED) is 0.432. The van der Waals surface area contributed by atoms with Gasteiger partial charge in [0.15, 0.2) is 13.1 Å². The molecule has 0 heterocycles. The number of hydrogen-bond donors (Lipinski definition) is 3. The molecular weight excluding hydrogens is 376 g/mol. The molecule has 0 radical (unpaired) electrons. The van der Waals surface area contributed by atoms with Crippen LogP contribution < -0.4 is 20.3 Å². The molecule has 9 heteroatoms. The van der Waals surface area contributed by atoms with Crippen LogP contribution in [0.4, 0.5) is 17.1 Å². The number of likely N-dealkylation sites (N-methyl/N-ethyl adjacent to an activating group) is 1. The van der Waals surface area contributed by atoms with Crippen molar-refractivity contribution in [2.45, 2.75) is 13.3 Å². The van der Waals surface area contributed by atoms with E-state index >= 15 is 0 Å². The molecule has 0 saturated heterocycles. The summed E-state index contributed by atoms with van der Waals surface area (Å²) in [6, 6.07) is 11.7. The first-order valence-corrected chi connectivity index (χ1v) is 9.15. The minimum atomic E-state index is -0.590. The lowest BCUT2D eigenvalue weighted by Crippen LogP contribution is -3.11. The number of nitro groups is 1. The fourth-order valence-corrected chi connectivity index (χ4v) is 2.85. The maximum Gasteiger partial charge on any atom is 0.296 e. The molecule has 2 amide bonds. The van der Waals surface area contributed by atoms with Crippen LogP contribution in [0.25, 0.3) is 0 Å². The lowest BCUT2D eigenvalue weighted by Gasteiger charge is -2.15. The fourth-order valence-electron chi connectivity index (χ4n) is 2.85. The number of ether oxygens (including phenoxy) is 1. The van der Waals surface area contributed by atoms with Crippen molar-refractivity contribution >= 4 is 28.9 Å². The predicted octanol–water partition coefficient (Wildman–Crippen LogP) is 1.26. The molecule has 0 aliphatic carbocycles. The van der Waals surface area contributed by atoms with Gasteiger partial charge in [0.2, 0.25) is 0 Å². The van der Waals surface area contributed by atoms with E-state index in [2.05, 4.69) is 10.6 Å². The number of nitrogens with zero attached hydrogens (tertiary/aromatic N) is 1. The topological polar surface area (TPSA) is 115 Å². The summed E-state index contributed by atoms with van der Waals surface area (Å²) in [6.07, 6.45) is 0.794. The number of aryl methyl sites for hydroxylation is 1. The summed E-state index contributed by atoms with van der Waals surface area (Å²) in [5, 5.41) is 16.6. The lowest BCUT2D eigenvalue weighted by atomic mass is 10.1. The smallest absolute Gasteiger partial charge is 0.296 e. The van der Waals surface area contributed by atoms with E-state index in [4.69, 9.17) is 4.74 Å². The van der Waals surface area contributed by atoms with Gasteiger partial charge in [-0.3, -0.25) is 19.7 Å². The van der Waals surface area contributed by atoms with Gasteiger partial charge >= 0.3 is 0 Å². The number of amides is 2. The predicted molar refractivity (Wildman–Crippen MR) is 109 cm³/mol. The van der Waals surface area contributed by atoms with E-state index in [1.54, 1.807) is 7.05 Å². The first kappa shape index (κ1) is 21.8. The summed E-state index contributed by atoms with van der Waals surface area (Å²) in [4.78, 5) is 35.8. The minimum absolute atomic E-state index is 0.0218. The molecule has 0 spiro atoms. The molecule has 1 unspecified atom stereocenters. The molecule has 9 nitrogen and oxygen atoms in total. The number of rotatable bonds is 9. The second-order valence-electron chi connectivity index (χ2n) is 6.56. The highest BCUT2D eigenvalue weighted by Crippen LogP contribution is 2.28. The molecule has 2 rings (SSSR count). The maximum atomic E-state index is 12.3. The Morgan fingerprint density at radius 1 is 1.07 bits per heavy atom. The number of methoxy groups -OCH3 is 1. The molecule has 0 aromatic heterocycles. The zero-order chi connectivity index (χ0) is 21.4. The second-order valence-corrected chi connectivity index (χ2v) is 6.56. The van der Waals surface area contributed by atoms with E-state index in [9.17, 15) is 19.7 Å². The van der Waals surface area contributed by atoms with Crippen LogP contribution >= 0.6 is 0 Å². The Hall–Kier alpha value is -3.46. The maximum absolute atomic E-state index is 12.3. The summed E-state index contributed by atoms with van der Waals surface area (Å²) in [7, 11) is 3.10. The Morgan fingerprint density at radius 3 is 2.28 bits per heavy atom. The SMILES string of the molecule is CCc1ccccc1NC(=O)C[NH+](C)CC(=O)Nc1ccc(OC)cc1[N+](=O)[O-]. The highest BCUT2D eigenvalue weighted by molar-refractivity contribution is 5.95. The van der Waals surface area contributed by atoms with Gasteiger partial charge in [0.05, 0.1) is 25.1 Å². The van der Waals surface area contributed by atoms with Gasteiger partial charge < -0.3 is 20.3 Å². The molecule has 1 atom stereocenters. The van der Waals surface area contributed by atoms with Crippen molar-refractivity contribution in [3.8, 4) is 5.75 Å². The third kappa shape index (κ3) is 6.28. The van der Waals surface area contributed by atoms with Crippen molar-refractivity contribution in [1.29, 1.82) is 0 Å². The van der Waals surface area contributed by atoms with Crippen LogP contribution in [0.1, 0.15) is 12.5 Å². The fraction of sp³-hybridized carbons (Fsp3) is 0.300. The van der Waals surface area contributed by atoms with Crippen LogP contribution in [0.2, 0.25) is 0 Å². The zero-order valence-electron chi connectivity index (χ0n) is 16.7. The van der Waals surface area contributed by atoms with Gasteiger partial charge in [-0.15, -0.1) is 0 Å². The van der Waals surface area contributed by atoms with Crippen molar-refractivity contribution in [3.05, 3.63) is 58.1 Å². The van der Waals surface area contributed by atoms with Crippen LogP contribution in [0.5, 0.6) is 5.75 Å². The average Bonchev–Trinajstić information content (AvgIpc) is 2.68. The zero-order valence-corrected chi connectivity index (χ0v) is 16.7. The second kappa shape index (κ2) is 10.2. The van der Waals surface area contributed by atoms with Crippen LogP contribution in [0.15, 0.2) is 42.5 Å². The third-order valence-electron chi connectivity index (χ3n) is 4.27. The van der Waals surface area contributed by atoms with Crippen molar-refractivity contribution in [1.82, 2.24) is 0 Å². The number of nitro benzene ring substituents is 1. The molecular formula is C20H25N4O5+. The van der Waals surface area contributed by atoms with E-state index < -0.39 is 10.8 Å². The molecule has 2 aromatic rings. The van der Waals surface area contributed by atoms with Gasteiger partial charge in [-0.1, -0.05) is 25.1 Å². The summed E-state index contributed by atoms with van der Waals surface area (Å²) < 4.78 is 4.97. The summed E-state index contributed by atoms with van der Waals surface area (Å²) in [6.45, 7) is 2.06. The molecule has 29 heavy (non-hydrogen) atoms. The van der Waals surface area contributed by atoms with Gasteiger partial charge in [-0.05, 0) is 30.2 Å². The molecule has 0 aliphatic heterocycles. The highest BCUT2D eigenvalue weighted by Gasteiger charge is 2.20. The van der Waals surface area contributed by atoms with Gasteiger partial charge in [0.1, 0.15) is 11.4 Å². The molecule has 0 saturated carbocycles. The Labute approximate surface area is 168 Å². The van der Waals surface area contributed by atoms with E-state index in [0.29, 0.717) is 10.6 Å². The number of para-hydroxylation sites is 1. The van der Waals surface area contributed by atoms with Crippen molar-refractivity contribution < 1.29 is 24.1 Å². The summed E-state index contributed by atoms with van der Waals surface area (Å²) in [5.74, 6) is -0.328. The van der Waals surface area contributed by atoms with Crippen molar-refractivity contribution in [3.63, 3.8) is 0 Å². The van der Waals surface area contributed by atoms with Crippen molar-refractivity contribution in [2.24, 2.45) is 0 Å². The number of benzene rings is 2. The number of nitrogens with one attached hydrogen (secondary N) is 3. The molecule has 0 bridgehead atoms. The number of hydrogen-bond acceptors (Lipinski definition) is 5. The first-order valence-electron chi connectivity index (χ1n) is 9.15. The van der Waals surface area contributed by atoms with Crippen LogP contribution in [-0.4, -0.2) is 44.0 Å². The van der Waals surface area contributed by atoms with E-state index in [1.807, 2.05) is 31.2 Å².